The summed E-state index contributed by atoms with van der Waals surface area (Å²) in [5.74, 6) is -3.00. The van der Waals surface area contributed by atoms with Gasteiger partial charge >= 0.3 is 11.8 Å². The lowest BCUT2D eigenvalue weighted by Gasteiger charge is -2.02. The minimum Gasteiger partial charge on any atom is -0.412 e. The van der Waals surface area contributed by atoms with Gasteiger partial charge in [0.2, 0.25) is 0 Å². The Balaban J connectivity index is -0.000000500. The maximum Gasteiger partial charge on any atom is 0.302 e. The summed E-state index contributed by atoms with van der Waals surface area (Å²) in [6, 6.07) is 0. The van der Waals surface area contributed by atoms with E-state index >= 15 is 0 Å². The van der Waals surface area contributed by atoms with Gasteiger partial charge in [-0.3, -0.25) is 9.59 Å². The molecule has 21 heteroatoms. The molecule has 0 fully saturated rings. The average molecular weight is 532 g/mol. The van der Waals surface area contributed by atoms with Crippen molar-refractivity contribution in [3.05, 3.63) is 21.7 Å². The van der Waals surface area contributed by atoms with Crippen molar-refractivity contribution < 1.29 is 20.5 Å². The molecule has 18 nitrogen and oxygen atoms in total. The predicted molar refractivity (Wildman–Crippen MR) is 126 cm³/mol. The van der Waals surface area contributed by atoms with Crippen LogP contribution in [0, 0.1) is 0 Å². The van der Waals surface area contributed by atoms with Gasteiger partial charge in [-0.05, 0) is 0 Å². The predicted octanol–water partition coefficient (Wildman–Crippen LogP) is -3.81. The van der Waals surface area contributed by atoms with Crippen molar-refractivity contribution in [2.45, 2.75) is 0 Å². The van der Waals surface area contributed by atoms with Crippen LogP contribution in [0.5, 0.6) is 0 Å². The van der Waals surface area contributed by atoms with E-state index in [1.807, 2.05) is 0 Å². The Hall–Kier alpha value is -3.97. The highest BCUT2D eigenvalue weighted by atomic mass is 35.5. The van der Waals surface area contributed by atoms with E-state index in [1.165, 1.54) is 0 Å². The van der Waals surface area contributed by atoms with E-state index in [9.17, 15) is 9.59 Å². The molecular formula is C12H21Cl3N14O4. The van der Waals surface area contributed by atoms with Crippen molar-refractivity contribution in [2.24, 2.45) is 32.9 Å². The van der Waals surface area contributed by atoms with E-state index < -0.39 is 23.7 Å². The molecule has 2 aromatic heterocycles. The summed E-state index contributed by atoms with van der Waals surface area (Å²) >= 11 is 11.1. The minimum absolute atomic E-state index is 0. The van der Waals surface area contributed by atoms with Crippen LogP contribution in [0.2, 0.25) is 10.3 Å². The minimum atomic E-state index is -0.832. The number of guanidine groups is 2. The third-order valence-electron chi connectivity index (χ3n) is 2.68. The molecular weight excluding hydrogens is 511 g/mol. The van der Waals surface area contributed by atoms with Crippen molar-refractivity contribution in [1.29, 1.82) is 0 Å². The number of aliphatic imine (C=N–C) groups is 2. The average Bonchev–Trinajstić information content (AvgIpc) is 2.60. The summed E-state index contributed by atoms with van der Waals surface area (Å²) in [5, 5.41) is -0.281. The van der Waals surface area contributed by atoms with Crippen LogP contribution in [0.4, 0.5) is 23.3 Å². The molecule has 184 valence electrons. The Kier molecular flexibility index (Phi) is 14.4. The van der Waals surface area contributed by atoms with E-state index in [-0.39, 0.29) is 68.3 Å². The first-order chi connectivity index (χ1) is 13.8. The molecule has 2 amide bonds. The molecule has 0 aliphatic heterocycles. The fraction of sp³-hybridized carbons (Fsp3) is 0. The SMILES string of the molecule is Cl.NC(N)=NC(=O)c1nc(Cl)c(N)nc1N.NC(N)=NC(=O)c1nc(Cl)c(N)nc1N.O.O. The second kappa shape index (κ2) is 14.2. The molecule has 0 atom stereocenters. The van der Waals surface area contributed by atoms with Gasteiger partial charge in [0.1, 0.15) is 0 Å². The molecule has 0 bridgehead atoms. The summed E-state index contributed by atoms with van der Waals surface area (Å²) in [4.78, 5) is 43.5. The van der Waals surface area contributed by atoms with Crippen molar-refractivity contribution in [2.75, 3.05) is 22.9 Å². The molecule has 0 aliphatic carbocycles. The maximum absolute atomic E-state index is 11.3. The number of carbonyl (C=O) groups is 2. The Morgan fingerprint density at radius 2 is 0.879 bits per heavy atom. The summed E-state index contributed by atoms with van der Waals surface area (Å²) in [6.45, 7) is 0. The normalized spacial score (nSPS) is 8.79. The molecule has 0 aliphatic rings. The molecule has 2 rings (SSSR count). The highest BCUT2D eigenvalue weighted by Gasteiger charge is 2.16. The lowest BCUT2D eigenvalue weighted by atomic mass is 10.4. The number of carbonyl (C=O) groups excluding carboxylic acids is 2. The van der Waals surface area contributed by atoms with Crippen molar-refractivity contribution in [3.8, 4) is 0 Å². The molecule has 0 saturated heterocycles. The lowest BCUT2D eigenvalue weighted by molar-refractivity contribution is 0.0990. The molecule has 2 aromatic rings. The zero-order valence-corrected chi connectivity index (χ0v) is 18.6. The van der Waals surface area contributed by atoms with Gasteiger partial charge in [-0.25, -0.2) is 19.9 Å². The van der Waals surface area contributed by atoms with E-state index in [0.29, 0.717) is 0 Å². The fourth-order valence-electron chi connectivity index (χ4n) is 1.54. The number of nitrogens with zero attached hydrogens (tertiary/aromatic N) is 6. The largest absolute Gasteiger partial charge is 0.412 e. The standard InChI is InChI=1S/2C6H8ClN7O.ClH.2H2O/c2*7-2-4(9)13-3(8)1(12-2)5(15)14-6(10)11;;;/h2*(H4,8,9,13)(H4,10,11,14,15);1H;2*1H2. The van der Waals surface area contributed by atoms with E-state index in [2.05, 4.69) is 29.9 Å². The Bertz CT molecular complexity index is 973. The monoisotopic (exact) mass is 530 g/mol. The molecule has 20 N–H and O–H groups in total. The van der Waals surface area contributed by atoms with Gasteiger partial charge < -0.3 is 56.8 Å². The van der Waals surface area contributed by atoms with Crippen LogP contribution in [0.1, 0.15) is 21.0 Å². The van der Waals surface area contributed by atoms with Gasteiger partial charge in [-0.15, -0.1) is 12.4 Å². The van der Waals surface area contributed by atoms with Gasteiger partial charge in [0.25, 0.3) is 0 Å². The molecule has 0 aromatic carbocycles. The number of amides is 2. The van der Waals surface area contributed by atoms with Crippen LogP contribution >= 0.6 is 35.6 Å². The van der Waals surface area contributed by atoms with E-state index in [1.54, 1.807) is 0 Å². The van der Waals surface area contributed by atoms with Crippen molar-refractivity contribution >= 4 is 82.6 Å². The van der Waals surface area contributed by atoms with Gasteiger partial charge in [0.05, 0.1) is 0 Å². The number of halogens is 3. The van der Waals surface area contributed by atoms with E-state index in [0.717, 1.165) is 0 Å². The summed E-state index contributed by atoms with van der Waals surface area (Å²) < 4.78 is 0. The number of anilines is 4. The van der Waals surface area contributed by atoms with Gasteiger partial charge in [-0.1, -0.05) is 23.2 Å². The first-order valence-electron chi connectivity index (χ1n) is 7.28. The number of rotatable bonds is 2. The molecule has 0 unspecified atom stereocenters. The van der Waals surface area contributed by atoms with Crippen LogP contribution in [-0.2, 0) is 0 Å². The summed E-state index contributed by atoms with van der Waals surface area (Å²) in [7, 11) is 0. The maximum atomic E-state index is 11.3. The Morgan fingerprint density at radius 1 is 0.606 bits per heavy atom. The van der Waals surface area contributed by atoms with Crippen LogP contribution in [0.15, 0.2) is 9.98 Å². The van der Waals surface area contributed by atoms with Gasteiger partial charge in [0.15, 0.2) is 56.9 Å². The Labute approximate surface area is 200 Å². The van der Waals surface area contributed by atoms with Gasteiger partial charge in [-0.2, -0.15) is 9.98 Å². The zero-order chi connectivity index (χ0) is 23.2. The highest BCUT2D eigenvalue weighted by molar-refractivity contribution is 6.32. The second-order valence-electron chi connectivity index (χ2n) is 4.95. The van der Waals surface area contributed by atoms with Crippen LogP contribution < -0.4 is 45.9 Å². The van der Waals surface area contributed by atoms with Crippen molar-refractivity contribution in [1.82, 2.24) is 19.9 Å². The number of hydrogen-bond donors (Lipinski definition) is 8. The quantitative estimate of drug-likeness (QED) is 0.136. The van der Waals surface area contributed by atoms with Crippen molar-refractivity contribution in [3.63, 3.8) is 0 Å². The first-order valence-corrected chi connectivity index (χ1v) is 8.03. The lowest BCUT2D eigenvalue weighted by Crippen LogP contribution is -2.25. The number of hydrogen-bond acceptors (Lipinski definition) is 10. The van der Waals surface area contributed by atoms with Gasteiger partial charge in [0, 0.05) is 0 Å². The van der Waals surface area contributed by atoms with Crippen LogP contribution in [0.25, 0.3) is 0 Å². The number of nitrogens with two attached hydrogens (primary N) is 8. The number of aromatic nitrogens is 4. The molecule has 0 spiro atoms. The Morgan fingerprint density at radius 3 is 1.12 bits per heavy atom. The molecule has 33 heavy (non-hydrogen) atoms. The van der Waals surface area contributed by atoms with E-state index in [4.69, 9.17) is 69.1 Å². The summed E-state index contributed by atoms with van der Waals surface area (Å²) in [5.41, 5.74) is 40.9. The van der Waals surface area contributed by atoms with Crippen LogP contribution in [0.3, 0.4) is 0 Å². The highest BCUT2D eigenvalue weighted by Crippen LogP contribution is 2.18. The fourth-order valence-corrected chi connectivity index (χ4v) is 1.79. The second-order valence-corrected chi connectivity index (χ2v) is 5.67. The molecule has 0 saturated carbocycles. The van der Waals surface area contributed by atoms with Crippen LogP contribution in [-0.4, -0.2) is 54.6 Å². The topological polar surface area (TPSA) is 382 Å². The number of nitrogen functional groups attached to an aromatic ring is 4. The third kappa shape index (κ3) is 9.80. The first kappa shape index (κ1) is 33.7. The summed E-state index contributed by atoms with van der Waals surface area (Å²) in [6.07, 6.45) is 0. The molecule has 2 heterocycles. The zero-order valence-electron chi connectivity index (χ0n) is 16.3. The third-order valence-corrected chi connectivity index (χ3v) is 3.23. The smallest absolute Gasteiger partial charge is 0.302 e. The molecule has 0 radical (unpaired) electrons.